The molecule has 29 heavy (non-hydrogen) atoms. The molecule has 2 amide bonds. The van der Waals surface area contributed by atoms with Crippen LogP contribution in [0.25, 0.3) is 0 Å². The number of aryl methyl sites for hydroxylation is 2. The number of hydrogen-bond acceptors (Lipinski definition) is 4. The van der Waals surface area contributed by atoms with Crippen molar-refractivity contribution in [1.82, 2.24) is 10.6 Å². The zero-order valence-corrected chi connectivity index (χ0v) is 17.1. The minimum Gasteiger partial charge on any atom is -0.484 e. The molecule has 0 radical (unpaired) electrons. The molecule has 1 unspecified atom stereocenters. The summed E-state index contributed by atoms with van der Waals surface area (Å²) in [6.45, 7) is 3.86. The summed E-state index contributed by atoms with van der Waals surface area (Å²) in [6.07, 6.45) is -0.549. The number of halogens is 2. The second-order valence-electron chi connectivity index (χ2n) is 6.67. The summed E-state index contributed by atoms with van der Waals surface area (Å²) in [5.74, 6) is -1.13. The van der Waals surface area contributed by atoms with Crippen LogP contribution in [-0.2, 0) is 4.79 Å². The van der Waals surface area contributed by atoms with Crippen LogP contribution in [0.2, 0.25) is 5.02 Å². The third-order valence-electron chi connectivity index (χ3n) is 4.33. The summed E-state index contributed by atoms with van der Waals surface area (Å²) in [6, 6.07) is 9.32. The molecule has 0 saturated carbocycles. The second-order valence-corrected chi connectivity index (χ2v) is 7.07. The van der Waals surface area contributed by atoms with Crippen LogP contribution in [0.15, 0.2) is 36.4 Å². The molecule has 3 N–H and O–H groups in total. The Morgan fingerprint density at radius 1 is 1.14 bits per heavy atom. The van der Waals surface area contributed by atoms with Crippen molar-refractivity contribution in [3.63, 3.8) is 0 Å². The predicted octanol–water partition coefficient (Wildman–Crippen LogP) is 2.77. The topological polar surface area (TPSA) is 87.7 Å². The normalized spacial score (nSPS) is 11.6. The largest absolute Gasteiger partial charge is 0.484 e. The highest BCUT2D eigenvalue weighted by Gasteiger charge is 2.11. The maximum Gasteiger partial charge on any atom is 0.258 e. The first-order valence-electron chi connectivity index (χ1n) is 9.14. The molecular formula is C21H24ClFN2O4. The lowest BCUT2D eigenvalue weighted by Crippen LogP contribution is -2.37. The van der Waals surface area contributed by atoms with Gasteiger partial charge in [0.2, 0.25) is 0 Å². The highest BCUT2D eigenvalue weighted by Crippen LogP contribution is 2.20. The number of hydrogen-bond donors (Lipinski definition) is 3. The number of ether oxygens (including phenoxy) is 1. The molecule has 156 valence electrons. The molecule has 2 rings (SSSR count). The SMILES string of the molecule is Cc1ccc(C(=O)NCCC(O)CNC(=O)COc2ccc(Cl)c(F)c2)cc1C. The van der Waals surface area contributed by atoms with E-state index < -0.39 is 17.8 Å². The number of carbonyl (C=O) groups excluding carboxylic acids is 2. The molecule has 1 atom stereocenters. The summed E-state index contributed by atoms with van der Waals surface area (Å²) in [5, 5.41) is 15.2. The number of rotatable bonds is 9. The van der Waals surface area contributed by atoms with E-state index in [-0.39, 0.29) is 42.8 Å². The Bertz CT molecular complexity index is 876. The molecule has 0 bridgehead atoms. The Kier molecular flexibility index (Phi) is 8.42. The van der Waals surface area contributed by atoms with Crippen molar-refractivity contribution in [2.45, 2.75) is 26.4 Å². The summed E-state index contributed by atoms with van der Waals surface area (Å²) in [5.41, 5.74) is 2.70. The first kappa shape index (κ1) is 22.6. The lowest BCUT2D eigenvalue weighted by Gasteiger charge is -2.13. The number of carbonyl (C=O) groups is 2. The van der Waals surface area contributed by atoms with Gasteiger partial charge >= 0.3 is 0 Å². The number of amides is 2. The van der Waals surface area contributed by atoms with Crippen molar-refractivity contribution in [2.24, 2.45) is 0 Å². The molecule has 0 aromatic heterocycles. The number of aliphatic hydroxyl groups is 1. The van der Waals surface area contributed by atoms with Gasteiger partial charge in [-0.15, -0.1) is 0 Å². The van der Waals surface area contributed by atoms with Gasteiger partial charge in [-0.1, -0.05) is 17.7 Å². The van der Waals surface area contributed by atoms with Gasteiger partial charge in [0.05, 0.1) is 11.1 Å². The molecule has 0 fully saturated rings. The van der Waals surface area contributed by atoms with Gasteiger partial charge in [0, 0.05) is 24.7 Å². The maximum atomic E-state index is 13.3. The zero-order chi connectivity index (χ0) is 21.4. The van der Waals surface area contributed by atoms with Gasteiger partial charge in [0.25, 0.3) is 11.8 Å². The van der Waals surface area contributed by atoms with Crippen LogP contribution in [-0.4, -0.2) is 42.7 Å². The molecular weight excluding hydrogens is 399 g/mol. The Balaban J connectivity index is 1.65. The second kappa shape index (κ2) is 10.8. The number of aliphatic hydroxyl groups excluding tert-OH is 1. The van der Waals surface area contributed by atoms with E-state index in [1.54, 1.807) is 6.07 Å². The monoisotopic (exact) mass is 422 g/mol. The van der Waals surface area contributed by atoms with Crippen molar-refractivity contribution in [2.75, 3.05) is 19.7 Å². The lowest BCUT2D eigenvalue weighted by atomic mass is 10.1. The molecule has 0 spiro atoms. The molecule has 0 aliphatic carbocycles. The summed E-state index contributed by atoms with van der Waals surface area (Å²) < 4.78 is 18.5. The third-order valence-corrected chi connectivity index (χ3v) is 4.63. The van der Waals surface area contributed by atoms with Gasteiger partial charge in [-0.05, 0) is 55.7 Å². The van der Waals surface area contributed by atoms with E-state index in [0.29, 0.717) is 5.56 Å². The Morgan fingerprint density at radius 2 is 1.90 bits per heavy atom. The summed E-state index contributed by atoms with van der Waals surface area (Å²) in [7, 11) is 0. The van der Waals surface area contributed by atoms with Crippen LogP contribution in [0.1, 0.15) is 27.9 Å². The molecule has 0 saturated heterocycles. The van der Waals surface area contributed by atoms with E-state index in [1.165, 1.54) is 12.1 Å². The van der Waals surface area contributed by atoms with Crippen LogP contribution in [0.4, 0.5) is 4.39 Å². The molecule has 0 heterocycles. The van der Waals surface area contributed by atoms with Crippen molar-refractivity contribution >= 4 is 23.4 Å². The highest BCUT2D eigenvalue weighted by molar-refractivity contribution is 6.30. The van der Waals surface area contributed by atoms with Crippen molar-refractivity contribution in [3.8, 4) is 5.75 Å². The smallest absolute Gasteiger partial charge is 0.258 e. The molecule has 2 aromatic carbocycles. The first-order valence-corrected chi connectivity index (χ1v) is 9.52. The van der Waals surface area contributed by atoms with Crippen LogP contribution >= 0.6 is 11.6 Å². The third kappa shape index (κ3) is 7.36. The van der Waals surface area contributed by atoms with E-state index in [0.717, 1.165) is 17.2 Å². The molecule has 2 aromatic rings. The average Bonchev–Trinajstić information content (AvgIpc) is 2.69. The van der Waals surface area contributed by atoms with Gasteiger partial charge in [0.15, 0.2) is 6.61 Å². The molecule has 6 nitrogen and oxygen atoms in total. The van der Waals surface area contributed by atoms with E-state index in [4.69, 9.17) is 16.3 Å². The van der Waals surface area contributed by atoms with Gasteiger partial charge < -0.3 is 20.5 Å². The predicted molar refractivity (Wildman–Crippen MR) is 109 cm³/mol. The van der Waals surface area contributed by atoms with Gasteiger partial charge in [-0.25, -0.2) is 4.39 Å². The van der Waals surface area contributed by atoms with Crippen LogP contribution in [0.5, 0.6) is 5.75 Å². The van der Waals surface area contributed by atoms with Gasteiger partial charge in [0.1, 0.15) is 11.6 Å². The van der Waals surface area contributed by atoms with Gasteiger partial charge in [-0.2, -0.15) is 0 Å². The molecule has 0 aliphatic heterocycles. The van der Waals surface area contributed by atoms with Crippen molar-refractivity contribution < 1.29 is 23.8 Å². The van der Waals surface area contributed by atoms with Gasteiger partial charge in [-0.3, -0.25) is 9.59 Å². The fraction of sp³-hybridized carbons (Fsp3) is 0.333. The quantitative estimate of drug-likeness (QED) is 0.580. The molecule has 8 heteroatoms. The van der Waals surface area contributed by atoms with E-state index in [9.17, 15) is 19.1 Å². The van der Waals surface area contributed by atoms with Crippen molar-refractivity contribution in [3.05, 3.63) is 63.9 Å². The average molecular weight is 423 g/mol. The van der Waals surface area contributed by atoms with E-state index in [2.05, 4.69) is 10.6 Å². The fourth-order valence-electron chi connectivity index (χ4n) is 2.44. The van der Waals surface area contributed by atoms with Crippen LogP contribution in [0, 0.1) is 19.7 Å². The zero-order valence-electron chi connectivity index (χ0n) is 16.3. The van der Waals surface area contributed by atoms with Crippen molar-refractivity contribution in [1.29, 1.82) is 0 Å². The maximum absolute atomic E-state index is 13.3. The highest BCUT2D eigenvalue weighted by atomic mass is 35.5. The number of nitrogens with one attached hydrogen (secondary N) is 2. The standard InChI is InChI=1S/C21H24ClFN2O4/c1-13-3-4-15(9-14(13)2)21(28)24-8-7-16(26)11-25-20(27)12-29-17-5-6-18(22)19(23)10-17/h3-6,9-10,16,26H,7-8,11-12H2,1-2H3,(H,24,28)(H,25,27). The molecule has 0 aliphatic rings. The Labute approximate surface area is 174 Å². The van der Waals surface area contributed by atoms with Crippen LogP contribution < -0.4 is 15.4 Å². The minimum absolute atomic E-state index is 0.0106. The van der Waals surface area contributed by atoms with E-state index >= 15 is 0 Å². The number of benzene rings is 2. The van der Waals surface area contributed by atoms with E-state index in [1.807, 2.05) is 26.0 Å². The Hall–Kier alpha value is -2.64. The minimum atomic E-state index is -0.827. The Morgan fingerprint density at radius 3 is 2.59 bits per heavy atom. The summed E-state index contributed by atoms with van der Waals surface area (Å²) in [4.78, 5) is 23.9. The lowest BCUT2D eigenvalue weighted by molar-refractivity contribution is -0.123. The fourth-order valence-corrected chi connectivity index (χ4v) is 2.55. The first-order chi connectivity index (χ1) is 13.8. The van der Waals surface area contributed by atoms with Crippen LogP contribution in [0.3, 0.4) is 0 Å². The summed E-state index contributed by atoms with van der Waals surface area (Å²) >= 11 is 5.57.